The molecule has 0 atom stereocenters. The molecule has 1 saturated heterocycles. The topological polar surface area (TPSA) is 86.0 Å². The summed E-state index contributed by atoms with van der Waals surface area (Å²) in [5.74, 6) is -0.638. The van der Waals surface area contributed by atoms with E-state index in [1.165, 1.54) is 12.1 Å². The van der Waals surface area contributed by atoms with Crippen LogP contribution in [-0.4, -0.2) is 29.9 Å². The first kappa shape index (κ1) is 17.5. The van der Waals surface area contributed by atoms with Crippen molar-refractivity contribution in [1.82, 2.24) is 10.3 Å². The lowest BCUT2D eigenvalue weighted by molar-refractivity contribution is -0.120. The third-order valence-corrected chi connectivity index (χ3v) is 5.20. The highest BCUT2D eigenvalue weighted by atomic mass is 19.1. The fourth-order valence-corrected chi connectivity index (χ4v) is 3.56. The predicted octanol–water partition coefficient (Wildman–Crippen LogP) is 2.89. The second-order valence-electron chi connectivity index (χ2n) is 6.96. The van der Waals surface area contributed by atoms with Crippen molar-refractivity contribution in [2.24, 2.45) is 5.92 Å². The molecule has 2 aliphatic rings. The minimum atomic E-state index is -0.394. The van der Waals surface area contributed by atoms with Crippen LogP contribution in [0.2, 0.25) is 0 Å². The van der Waals surface area contributed by atoms with Gasteiger partial charge in [0.1, 0.15) is 5.82 Å². The van der Waals surface area contributed by atoms with E-state index in [1.54, 1.807) is 18.3 Å². The van der Waals surface area contributed by atoms with Crippen LogP contribution in [0.3, 0.4) is 0 Å². The van der Waals surface area contributed by atoms with Gasteiger partial charge in [-0.2, -0.15) is 0 Å². The molecule has 2 aromatic rings. The Labute approximate surface area is 156 Å². The summed E-state index contributed by atoms with van der Waals surface area (Å²) in [6, 6.07) is 4.21. The summed E-state index contributed by atoms with van der Waals surface area (Å²) >= 11 is 0. The van der Waals surface area contributed by atoms with Gasteiger partial charge in [0, 0.05) is 29.1 Å². The molecule has 140 valence electrons. The van der Waals surface area contributed by atoms with E-state index in [0.29, 0.717) is 28.2 Å². The Morgan fingerprint density at radius 3 is 2.85 bits per heavy atom. The van der Waals surface area contributed by atoms with Crippen molar-refractivity contribution in [1.29, 1.82) is 0 Å². The summed E-state index contributed by atoms with van der Waals surface area (Å²) in [5.41, 5.74) is 3.76. The van der Waals surface area contributed by atoms with Crippen LogP contribution >= 0.6 is 0 Å². The number of aromatic nitrogens is 1. The fourth-order valence-electron chi connectivity index (χ4n) is 3.56. The molecule has 0 saturated carbocycles. The van der Waals surface area contributed by atoms with Gasteiger partial charge in [0.25, 0.3) is 5.91 Å². The minimum absolute atomic E-state index is 0.0119. The summed E-state index contributed by atoms with van der Waals surface area (Å²) in [6.45, 7) is 3.58. The number of H-pyrrole nitrogens is 1. The number of aromatic amines is 1. The number of amides is 2. The number of anilines is 2. The normalized spacial score (nSPS) is 18.4. The maximum Gasteiger partial charge on any atom is 0.256 e. The van der Waals surface area contributed by atoms with E-state index in [4.69, 9.17) is 0 Å². The van der Waals surface area contributed by atoms with Crippen LogP contribution in [0.25, 0.3) is 11.6 Å². The van der Waals surface area contributed by atoms with Crippen LogP contribution in [0, 0.1) is 18.7 Å². The van der Waals surface area contributed by atoms with Crippen LogP contribution in [-0.2, 0) is 9.59 Å². The molecular formula is C20H21FN4O2. The molecular weight excluding hydrogens is 347 g/mol. The zero-order valence-corrected chi connectivity index (χ0v) is 15.0. The average Bonchev–Trinajstić information content (AvgIpc) is 3.16. The Balaban J connectivity index is 1.58. The van der Waals surface area contributed by atoms with Gasteiger partial charge in [0.15, 0.2) is 0 Å². The zero-order valence-electron chi connectivity index (χ0n) is 15.0. The van der Waals surface area contributed by atoms with Crippen molar-refractivity contribution in [2.45, 2.75) is 19.8 Å². The number of hydrogen-bond acceptors (Lipinski definition) is 3. The lowest BCUT2D eigenvalue weighted by atomic mass is 9.97. The first-order chi connectivity index (χ1) is 13.0. The van der Waals surface area contributed by atoms with Gasteiger partial charge in [-0.05, 0) is 62.7 Å². The monoisotopic (exact) mass is 368 g/mol. The number of nitrogens with one attached hydrogen (secondary N) is 4. The zero-order chi connectivity index (χ0) is 19.0. The molecule has 2 aliphatic heterocycles. The Hall–Kier alpha value is -2.93. The standard InChI is InChI=1S/C20H21FN4O2/c1-11-17(9-15-14-8-13(21)2-3-16(14)24-20(15)27)23-10-18(11)25-19(26)12-4-6-22-7-5-12/h2-3,8-10,12,22-23H,4-7H2,1H3,(H,24,27)(H,25,26)/b15-9-. The maximum absolute atomic E-state index is 13.6. The molecule has 0 radical (unpaired) electrons. The highest BCUT2D eigenvalue weighted by molar-refractivity contribution is 6.34. The molecule has 1 aromatic carbocycles. The lowest BCUT2D eigenvalue weighted by Crippen LogP contribution is -2.34. The summed E-state index contributed by atoms with van der Waals surface area (Å²) < 4.78 is 13.6. The lowest BCUT2D eigenvalue weighted by Gasteiger charge is -2.21. The Morgan fingerprint density at radius 1 is 1.30 bits per heavy atom. The number of hydrogen-bond donors (Lipinski definition) is 4. The van der Waals surface area contributed by atoms with Crippen molar-refractivity contribution in [3.63, 3.8) is 0 Å². The third kappa shape index (κ3) is 3.38. The Bertz CT molecular complexity index is 941. The quantitative estimate of drug-likeness (QED) is 0.629. The van der Waals surface area contributed by atoms with Crippen molar-refractivity contribution in [3.8, 4) is 0 Å². The summed E-state index contributed by atoms with van der Waals surface area (Å²) in [4.78, 5) is 27.8. The average molecular weight is 368 g/mol. The SMILES string of the molecule is Cc1c(NC(=O)C2CCNCC2)c[nH]c1/C=C1\C(=O)Nc2ccc(F)cc21. The van der Waals surface area contributed by atoms with E-state index in [-0.39, 0.29) is 17.7 Å². The number of rotatable bonds is 3. The van der Waals surface area contributed by atoms with Gasteiger partial charge in [-0.15, -0.1) is 0 Å². The molecule has 0 unspecified atom stereocenters. The molecule has 1 fully saturated rings. The molecule has 4 N–H and O–H groups in total. The van der Waals surface area contributed by atoms with Gasteiger partial charge in [0.2, 0.25) is 5.91 Å². The van der Waals surface area contributed by atoms with Crippen LogP contribution in [0.1, 0.15) is 29.7 Å². The second kappa shape index (κ2) is 7.00. The second-order valence-corrected chi connectivity index (χ2v) is 6.96. The van der Waals surface area contributed by atoms with Crippen LogP contribution in [0.15, 0.2) is 24.4 Å². The first-order valence-corrected chi connectivity index (χ1v) is 9.05. The molecule has 6 nitrogen and oxygen atoms in total. The van der Waals surface area contributed by atoms with Gasteiger partial charge in [-0.25, -0.2) is 4.39 Å². The largest absolute Gasteiger partial charge is 0.360 e. The fraction of sp³-hybridized carbons (Fsp3) is 0.300. The highest BCUT2D eigenvalue weighted by Crippen LogP contribution is 2.34. The van der Waals surface area contributed by atoms with Gasteiger partial charge >= 0.3 is 0 Å². The molecule has 3 heterocycles. The van der Waals surface area contributed by atoms with E-state index >= 15 is 0 Å². The van der Waals surface area contributed by atoms with Gasteiger partial charge < -0.3 is 20.9 Å². The van der Waals surface area contributed by atoms with E-state index in [1.807, 2.05) is 6.92 Å². The predicted molar refractivity (Wildman–Crippen MR) is 103 cm³/mol. The number of halogens is 1. The number of carbonyl (C=O) groups excluding carboxylic acids is 2. The molecule has 7 heteroatoms. The molecule has 0 aliphatic carbocycles. The van der Waals surface area contributed by atoms with E-state index in [2.05, 4.69) is 20.9 Å². The minimum Gasteiger partial charge on any atom is -0.360 e. The summed E-state index contributed by atoms with van der Waals surface area (Å²) in [7, 11) is 0. The molecule has 4 rings (SSSR count). The molecule has 2 amide bonds. The Morgan fingerprint density at radius 2 is 2.07 bits per heavy atom. The number of piperidine rings is 1. The van der Waals surface area contributed by atoms with E-state index in [9.17, 15) is 14.0 Å². The van der Waals surface area contributed by atoms with Crippen LogP contribution < -0.4 is 16.0 Å². The van der Waals surface area contributed by atoms with Crippen molar-refractivity contribution in [3.05, 3.63) is 47.0 Å². The number of benzene rings is 1. The van der Waals surface area contributed by atoms with Gasteiger partial charge in [0.05, 0.1) is 11.3 Å². The third-order valence-electron chi connectivity index (χ3n) is 5.20. The summed E-state index contributed by atoms with van der Waals surface area (Å²) in [6.07, 6.45) is 5.07. The maximum atomic E-state index is 13.6. The van der Waals surface area contributed by atoms with Crippen molar-refractivity contribution < 1.29 is 14.0 Å². The van der Waals surface area contributed by atoms with Crippen molar-refractivity contribution >= 4 is 34.8 Å². The number of fused-ring (bicyclic) bond motifs is 1. The summed E-state index contributed by atoms with van der Waals surface area (Å²) in [5, 5.41) is 8.96. The number of carbonyl (C=O) groups is 2. The molecule has 0 bridgehead atoms. The van der Waals surface area contributed by atoms with Gasteiger partial charge in [-0.1, -0.05) is 0 Å². The van der Waals surface area contributed by atoms with E-state index < -0.39 is 5.82 Å². The van der Waals surface area contributed by atoms with Crippen LogP contribution in [0.4, 0.5) is 15.8 Å². The van der Waals surface area contributed by atoms with E-state index in [0.717, 1.165) is 31.5 Å². The highest BCUT2D eigenvalue weighted by Gasteiger charge is 2.26. The smallest absolute Gasteiger partial charge is 0.256 e. The molecule has 0 spiro atoms. The van der Waals surface area contributed by atoms with Gasteiger partial charge in [-0.3, -0.25) is 9.59 Å². The molecule has 1 aromatic heterocycles. The molecule has 27 heavy (non-hydrogen) atoms. The Kier molecular flexibility index (Phi) is 4.53. The van der Waals surface area contributed by atoms with Crippen LogP contribution in [0.5, 0.6) is 0 Å². The van der Waals surface area contributed by atoms with Crippen molar-refractivity contribution in [2.75, 3.05) is 23.7 Å². The first-order valence-electron chi connectivity index (χ1n) is 9.05.